The summed E-state index contributed by atoms with van der Waals surface area (Å²) in [5.74, 6) is -0.0946. The smallest absolute Gasteiger partial charge is 0.307 e. The summed E-state index contributed by atoms with van der Waals surface area (Å²) in [6.07, 6.45) is 7.20. The molecule has 178 valence electrons. The third-order valence-corrected chi connectivity index (χ3v) is 8.27. The zero-order valence-corrected chi connectivity index (χ0v) is 20.5. The van der Waals surface area contributed by atoms with Crippen molar-refractivity contribution in [2.45, 2.75) is 64.4 Å². The number of nitrogens with one attached hydrogen (secondary N) is 1. The monoisotopic (exact) mass is 478 g/mol. The van der Waals surface area contributed by atoms with Crippen molar-refractivity contribution in [3.63, 3.8) is 0 Å². The van der Waals surface area contributed by atoms with Crippen LogP contribution in [-0.4, -0.2) is 31.1 Å². The number of carbonyl (C=O) groups is 1. The molecule has 34 heavy (non-hydrogen) atoms. The van der Waals surface area contributed by atoms with Crippen LogP contribution in [0.2, 0.25) is 0 Å². The highest BCUT2D eigenvalue weighted by atomic mass is 32.1. The lowest BCUT2D eigenvalue weighted by Gasteiger charge is -2.44. The lowest BCUT2D eigenvalue weighted by molar-refractivity contribution is -0.154. The van der Waals surface area contributed by atoms with Gasteiger partial charge in [0.25, 0.3) is 0 Å². The number of carboxylic acids is 1. The van der Waals surface area contributed by atoms with E-state index in [-0.39, 0.29) is 0 Å². The first kappa shape index (κ1) is 22.9. The molecule has 0 spiro atoms. The minimum absolute atomic E-state index is 0.374. The summed E-state index contributed by atoms with van der Waals surface area (Å²) in [6.45, 7) is 5.88. The Morgan fingerprint density at radius 3 is 2.68 bits per heavy atom. The van der Waals surface area contributed by atoms with Crippen molar-refractivity contribution in [3.8, 4) is 10.4 Å². The van der Waals surface area contributed by atoms with Crippen LogP contribution in [0.5, 0.6) is 0 Å². The van der Waals surface area contributed by atoms with Gasteiger partial charge in [-0.25, -0.2) is 15.0 Å². The maximum absolute atomic E-state index is 11.6. The number of thiazole rings is 1. The molecule has 0 aliphatic heterocycles. The van der Waals surface area contributed by atoms with E-state index in [2.05, 4.69) is 32.4 Å². The van der Waals surface area contributed by atoms with Crippen LogP contribution in [0, 0.1) is 18.3 Å². The van der Waals surface area contributed by atoms with Gasteiger partial charge in [0.15, 0.2) is 0 Å². The predicted octanol–water partition coefficient (Wildman–Crippen LogP) is 5.63. The molecule has 2 unspecified atom stereocenters. The predicted molar refractivity (Wildman–Crippen MR) is 132 cm³/mol. The first-order valence-electron chi connectivity index (χ1n) is 11.8. The number of nitrogens with zero attached hydrogens (tertiary/aromatic N) is 3. The Kier molecular flexibility index (Phi) is 5.68. The molecule has 2 atom stereocenters. The van der Waals surface area contributed by atoms with E-state index in [4.69, 9.17) is 0 Å². The quantitative estimate of drug-likeness (QED) is 0.421. The maximum Gasteiger partial charge on any atom is 0.307 e. The average Bonchev–Trinajstić information content (AvgIpc) is 3.48. The van der Waals surface area contributed by atoms with E-state index in [0.717, 1.165) is 27.4 Å². The number of benzene rings is 1. The molecule has 2 heterocycles. The van der Waals surface area contributed by atoms with Crippen LogP contribution >= 0.6 is 11.3 Å². The van der Waals surface area contributed by atoms with Crippen LogP contribution in [0.4, 0.5) is 11.6 Å². The van der Waals surface area contributed by atoms with Gasteiger partial charge < -0.3 is 15.5 Å². The molecule has 0 radical (unpaired) electrons. The summed E-state index contributed by atoms with van der Waals surface area (Å²) in [7, 11) is 0. The average molecular weight is 479 g/mol. The Hall–Kier alpha value is -2.84. The van der Waals surface area contributed by atoms with Gasteiger partial charge in [0, 0.05) is 29.7 Å². The largest absolute Gasteiger partial charge is 0.481 e. The van der Waals surface area contributed by atoms with Gasteiger partial charge in [0.2, 0.25) is 5.95 Å². The molecule has 2 saturated carbocycles. The highest BCUT2D eigenvalue weighted by Gasteiger charge is 2.49. The molecule has 7 nitrogen and oxygen atoms in total. The van der Waals surface area contributed by atoms with Gasteiger partial charge >= 0.3 is 5.97 Å². The normalized spacial score (nSPS) is 24.1. The van der Waals surface area contributed by atoms with Crippen molar-refractivity contribution in [1.29, 1.82) is 0 Å². The lowest BCUT2D eigenvalue weighted by Crippen LogP contribution is -2.44. The maximum atomic E-state index is 11.6. The first-order valence-corrected chi connectivity index (χ1v) is 12.6. The molecule has 5 rings (SSSR count). The second-order valence-electron chi connectivity index (χ2n) is 10.4. The van der Waals surface area contributed by atoms with Crippen LogP contribution in [0.3, 0.4) is 0 Å². The zero-order valence-electron chi connectivity index (χ0n) is 19.7. The number of hydrogen-bond acceptors (Lipinski definition) is 7. The highest BCUT2D eigenvalue weighted by molar-refractivity contribution is 7.15. The van der Waals surface area contributed by atoms with E-state index in [0.29, 0.717) is 36.1 Å². The minimum Gasteiger partial charge on any atom is -0.481 e. The molecule has 8 heteroatoms. The van der Waals surface area contributed by atoms with Gasteiger partial charge in [-0.2, -0.15) is 0 Å². The molecule has 3 aromatic rings. The topological polar surface area (TPSA) is 108 Å². The van der Waals surface area contributed by atoms with Gasteiger partial charge in [-0.1, -0.05) is 19.9 Å². The van der Waals surface area contributed by atoms with E-state index in [1.165, 1.54) is 24.2 Å². The van der Waals surface area contributed by atoms with Gasteiger partial charge in [0.05, 0.1) is 10.8 Å². The van der Waals surface area contributed by atoms with Crippen LogP contribution in [0.1, 0.15) is 68.1 Å². The summed E-state index contributed by atoms with van der Waals surface area (Å²) < 4.78 is 0. The van der Waals surface area contributed by atoms with Crippen LogP contribution < -0.4 is 5.32 Å². The lowest BCUT2D eigenvalue weighted by atomic mass is 9.63. The highest BCUT2D eigenvalue weighted by Crippen LogP contribution is 2.51. The van der Waals surface area contributed by atoms with Crippen molar-refractivity contribution in [2.75, 3.05) is 5.32 Å². The first-order chi connectivity index (χ1) is 16.1. The Morgan fingerprint density at radius 1 is 1.18 bits per heavy atom. The number of rotatable bonds is 6. The molecular weight excluding hydrogens is 448 g/mol. The van der Waals surface area contributed by atoms with Crippen molar-refractivity contribution in [3.05, 3.63) is 52.9 Å². The van der Waals surface area contributed by atoms with Crippen molar-refractivity contribution >= 4 is 28.9 Å². The van der Waals surface area contributed by atoms with E-state index >= 15 is 0 Å². The summed E-state index contributed by atoms with van der Waals surface area (Å²) in [6, 6.07) is 8.19. The fourth-order valence-corrected chi connectivity index (χ4v) is 6.19. The third kappa shape index (κ3) is 4.57. The fraction of sp³-hybridized carbons (Fsp3) is 0.462. The van der Waals surface area contributed by atoms with Crippen LogP contribution in [-0.2, 0) is 10.4 Å². The van der Waals surface area contributed by atoms with Crippen LogP contribution in [0.25, 0.3) is 10.4 Å². The van der Waals surface area contributed by atoms with E-state index < -0.39 is 22.9 Å². The van der Waals surface area contributed by atoms with Crippen molar-refractivity contribution < 1.29 is 15.0 Å². The molecule has 3 N–H and O–H groups in total. The number of hydrogen-bond donors (Lipinski definition) is 3. The Labute approximate surface area is 203 Å². The minimum atomic E-state index is -1.11. The number of aromatic nitrogens is 3. The van der Waals surface area contributed by atoms with Crippen molar-refractivity contribution in [1.82, 2.24) is 15.0 Å². The summed E-state index contributed by atoms with van der Waals surface area (Å²) in [4.78, 5) is 26.2. The summed E-state index contributed by atoms with van der Waals surface area (Å²) in [5, 5.41) is 25.0. The number of aliphatic carboxylic acids is 1. The number of carboxylic acid groups (broad SMARTS) is 1. The SMILES string of the molecule is Cc1cc(Nc2nccc(C3CC3)n2)cc(-c2cnc(C3(O)CCC(C(=O)O)C(C)(C)C3)s2)c1. The molecular formula is C26H30N4O3S. The molecule has 0 bridgehead atoms. The Balaban J connectivity index is 1.38. The van der Waals surface area contributed by atoms with Crippen LogP contribution in [0.15, 0.2) is 36.7 Å². The molecule has 0 saturated heterocycles. The standard InChI is InChI=1S/C26H30N4O3S/c1-15-10-17(12-18(11-15)29-24-27-9-7-20(30-24)16-4-5-16)21-13-28-23(34-21)26(33)8-6-19(22(31)32)25(2,3)14-26/h7,9-13,16,19,33H,4-6,8,14H2,1-3H3,(H,31,32)(H,27,29,30). The van der Waals surface area contributed by atoms with Gasteiger partial charge in [-0.15, -0.1) is 11.3 Å². The van der Waals surface area contributed by atoms with E-state index in [1.807, 2.05) is 32.9 Å². The van der Waals surface area contributed by atoms with Crippen molar-refractivity contribution in [2.24, 2.45) is 11.3 Å². The molecule has 2 aliphatic rings. The number of aliphatic hydroxyl groups is 1. The summed E-state index contributed by atoms with van der Waals surface area (Å²) in [5.41, 5.74) is 2.47. The molecule has 2 aromatic heterocycles. The molecule has 2 fully saturated rings. The zero-order chi connectivity index (χ0) is 24.1. The molecule has 2 aliphatic carbocycles. The molecule has 1 aromatic carbocycles. The van der Waals surface area contributed by atoms with Gasteiger partial charge in [0.1, 0.15) is 10.6 Å². The van der Waals surface area contributed by atoms with E-state index in [9.17, 15) is 15.0 Å². The number of aryl methyl sites for hydroxylation is 1. The van der Waals surface area contributed by atoms with Gasteiger partial charge in [-0.3, -0.25) is 4.79 Å². The van der Waals surface area contributed by atoms with E-state index in [1.54, 1.807) is 12.4 Å². The fourth-order valence-electron chi connectivity index (χ4n) is 5.17. The van der Waals surface area contributed by atoms with Gasteiger partial charge in [-0.05, 0) is 73.8 Å². The summed E-state index contributed by atoms with van der Waals surface area (Å²) >= 11 is 1.47. The Bertz CT molecular complexity index is 1240. The third-order valence-electron chi connectivity index (χ3n) is 7.03. The Morgan fingerprint density at radius 2 is 1.97 bits per heavy atom. The molecule has 0 amide bonds. The number of anilines is 2. The second-order valence-corrected chi connectivity index (χ2v) is 11.5. The second kappa shape index (κ2) is 8.43.